The molecule has 3 rings (SSSR count). The Bertz CT molecular complexity index is 1130. The number of fused-ring (bicyclic) bond motifs is 1. The van der Waals surface area contributed by atoms with Gasteiger partial charge in [-0.3, -0.25) is 9.79 Å². The van der Waals surface area contributed by atoms with E-state index in [0.29, 0.717) is 35.0 Å². The third-order valence-electron chi connectivity index (χ3n) is 4.86. The zero-order chi connectivity index (χ0) is 22.6. The van der Waals surface area contributed by atoms with E-state index in [4.69, 9.17) is 5.73 Å². The van der Waals surface area contributed by atoms with Gasteiger partial charge in [0.25, 0.3) is 0 Å². The molecule has 0 bridgehead atoms. The number of carbonyl (C=O) groups is 1. The van der Waals surface area contributed by atoms with Gasteiger partial charge in [-0.1, -0.05) is 32.9 Å². The van der Waals surface area contributed by atoms with E-state index in [2.05, 4.69) is 35.6 Å². The topological polar surface area (TPSA) is 131 Å². The number of benzene rings is 1. The number of aliphatic imine (C=N–C) groups is 1. The second kappa shape index (κ2) is 9.03. The normalized spacial score (nSPS) is 12.1. The summed E-state index contributed by atoms with van der Waals surface area (Å²) in [5, 5.41) is 6.36. The van der Waals surface area contributed by atoms with Crippen LogP contribution in [0, 0.1) is 12.3 Å². The molecule has 2 aromatic heterocycles. The molecule has 0 fully saturated rings. The lowest BCUT2D eigenvalue weighted by molar-refractivity contribution is -0.125. The zero-order valence-corrected chi connectivity index (χ0v) is 18.5. The fourth-order valence-corrected chi connectivity index (χ4v) is 2.86. The van der Waals surface area contributed by atoms with E-state index in [1.165, 1.54) is 12.7 Å². The molecule has 0 spiro atoms. The second-order valence-electron chi connectivity index (χ2n) is 8.32. The Morgan fingerprint density at radius 2 is 1.71 bits per heavy atom. The predicted octanol–water partition coefficient (Wildman–Crippen LogP) is 3.38. The molecule has 4 N–H and O–H groups in total. The van der Waals surface area contributed by atoms with Crippen LogP contribution in [0.4, 0.5) is 17.3 Å². The Hall–Kier alpha value is -3.62. The molecule has 2 heterocycles. The van der Waals surface area contributed by atoms with Gasteiger partial charge in [0, 0.05) is 18.2 Å². The van der Waals surface area contributed by atoms with E-state index in [9.17, 15) is 4.79 Å². The molecule has 0 radical (unpaired) electrons. The average Bonchev–Trinajstić information content (AvgIpc) is 2.73. The van der Waals surface area contributed by atoms with Crippen LogP contribution >= 0.6 is 0 Å². The molecular weight excluding hydrogens is 392 g/mol. The van der Waals surface area contributed by atoms with Crippen molar-refractivity contribution < 1.29 is 4.79 Å². The first-order valence-electron chi connectivity index (χ1n) is 10.0. The monoisotopic (exact) mass is 420 g/mol. The van der Waals surface area contributed by atoms with Gasteiger partial charge in [0.1, 0.15) is 35.3 Å². The van der Waals surface area contributed by atoms with Crippen LogP contribution < -0.4 is 16.4 Å². The third kappa shape index (κ3) is 5.30. The largest absolute Gasteiger partial charge is 0.387 e. The smallest absolute Gasteiger partial charge is 0.160 e. The van der Waals surface area contributed by atoms with Crippen LogP contribution in [-0.4, -0.2) is 38.6 Å². The van der Waals surface area contributed by atoms with Crippen molar-refractivity contribution in [1.82, 2.24) is 19.9 Å². The zero-order valence-electron chi connectivity index (χ0n) is 18.5. The first-order chi connectivity index (χ1) is 14.7. The molecule has 0 aliphatic heterocycles. The first-order valence-corrected chi connectivity index (χ1v) is 10.0. The van der Waals surface area contributed by atoms with Gasteiger partial charge in [-0.15, -0.1) is 0 Å². The van der Waals surface area contributed by atoms with E-state index in [0.717, 1.165) is 16.8 Å². The van der Waals surface area contributed by atoms with E-state index < -0.39 is 5.41 Å². The van der Waals surface area contributed by atoms with Crippen LogP contribution in [0.2, 0.25) is 0 Å². The minimum Gasteiger partial charge on any atom is -0.387 e. The molecule has 0 unspecified atom stereocenters. The van der Waals surface area contributed by atoms with Gasteiger partial charge in [0.05, 0.1) is 13.0 Å². The number of carbonyl (C=O) groups excluding carboxylic acids is 1. The Kier molecular flexibility index (Phi) is 6.43. The van der Waals surface area contributed by atoms with Crippen molar-refractivity contribution in [3.05, 3.63) is 42.0 Å². The number of amidine groups is 1. The molecule has 0 atom stereocenters. The fraction of sp³-hybridized carbons (Fsp3) is 0.364. The SMILES string of the molecule is CNc1ncnc2c(Nc3cc(CN=C(N)CC(=O)C(C)(C)C)ccc3C)ncnc12. The number of ketones is 1. The summed E-state index contributed by atoms with van der Waals surface area (Å²) in [5.41, 5.74) is 9.68. The highest BCUT2D eigenvalue weighted by Crippen LogP contribution is 2.26. The quantitative estimate of drug-likeness (QED) is 0.392. The van der Waals surface area contributed by atoms with Crippen LogP contribution in [0.25, 0.3) is 11.0 Å². The Morgan fingerprint density at radius 3 is 2.35 bits per heavy atom. The molecule has 9 nitrogen and oxygen atoms in total. The van der Waals surface area contributed by atoms with Gasteiger partial charge in [-0.2, -0.15) is 0 Å². The number of Topliss-reactive ketones (excluding diaryl/α,β-unsaturated/α-hetero) is 1. The van der Waals surface area contributed by atoms with Gasteiger partial charge in [-0.25, -0.2) is 19.9 Å². The summed E-state index contributed by atoms with van der Waals surface area (Å²) in [6.07, 6.45) is 3.11. The maximum absolute atomic E-state index is 12.1. The lowest BCUT2D eigenvalue weighted by atomic mass is 9.89. The van der Waals surface area contributed by atoms with Crippen molar-refractivity contribution >= 4 is 40.0 Å². The standard InChI is InChI=1S/C22H28N8O/c1-13-6-7-14(10-25-17(23)9-16(31)22(2,3)4)8-15(13)30-21-19-18(26-12-29-21)20(24-5)28-11-27-19/h6-8,11-12H,9-10H2,1-5H3,(H2,23,25)(H,24,27,28)(H,26,29,30). The lowest BCUT2D eigenvalue weighted by Crippen LogP contribution is -2.26. The number of rotatable bonds is 7. The number of nitrogens with one attached hydrogen (secondary N) is 2. The van der Waals surface area contributed by atoms with Crippen molar-refractivity contribution in [3.63, 3.8) is 0 Å². The molecule has 0 saturated carbocycles. The number of aromatic nitrogens is 4. The molecule has 9 heteroatoms. The summed E-state index contributed by atoms with van der Waals surface area (Å²) in [4.78, 5) is 33.7. The minimum atomic E-state index is -0.432. The van der Waals surface area contributed by atoms with Crippen LogP contribution in [0.1, 0.15) is 38.3 Å². The summed E-state index contributed by atoms with van der Waals surface area (Å²) >= 11 is 0. The molecule has 0 saturated heterocycles. The highest BCUT2D eigenvalue weighted by Gasteiger charge is 2.21. The summed E-state index contributed by atoms with van der Waals surface area (Å²) in [6, 6.07) is 5.98. The highest BCUT2D eigenvalue weighted by molar-refractivity contribution is 6.02. The molecule has 0 aliphatic carbocycles. The third-order valence-corrected chi connectivity index (χ3v) is 4.86. The van der Waals surface area contributed by atoms with Crippen molar-refractivity contribution in [2.45, 2.75) is 40.7 Å². The lowest BCUT2D eigenvalue weighted by Gasteiger charge is -2.16. The highest BCUT2D eigenvalue weighted by atomic mass is 16.1. The molecule has 3 aromatic rings. The fourth-order valence-electron chi connectivity index (χ4n) is 2.86. The number of nitrogens with two attached hydrogens (primary N) is 1. The molecule has 162 valence electrons. The number of aryl methyl sites for hydroxylation is 1. The van der Waals surface area contributed by atoms with Crippen LogP contribution in [-0.2, 0) is 11.3 Å². The molecule has 0 amide bonds. The van der Waals surface area contributed by atoms with Gasteiger partial charge in [-0.05, 0) is 24.1 Å². The van der Waals surface area contributed by atoms with Crippen molar-refractivity contribution in [3.8, 4) is 0 Å². The summed E-state index contributed by atoms with van der Waals surface area (Å²) in [7, 11) is 1.78. The van der Waals surface area contributed by atoms with Gasteiger partial charge >= 0.3 is 0 Å². The Labute approximate surface area is 181 Å². The number of hydrogen-bond donors (Lipinski definition) is 3. The molecule has 0 aliphatic rings. The van der Waals surface area contributed by atoms with E-state index >= 15 is 0 Å². The number of hydrogen-bond acceptors (Lipinski definition) is 8. The predicted molar refractivity (Wildman–Crippen MR) is 124 cm³/mol. The maximum atomic E-state index is 12.1. The van der Waals surface area contributed by atoms with Gasteiger partial charge < -0.3 is 16.4 Å². The van der Waals surface area contributed by atoms with Crippen LogP contribution in [0.15, 0.2) is 35.8 Å². The van der Waals surface area contributed by atoms with Crippen molar-refractivity contribution in [2.75, 3.05) is 17.7 Å². The summed E-state index contributed by atoms with van der Waals surface area (Å²) in [5.74, 6) is 1.63. The van der Waals surface area contributed by atoms with Gasteiger partial charge in [0.2, 0.25) is 0 Å². The maximum Gasteiger partial charge on any atom is 0.160 e. The van der Waals surface area contributed by atoms with Crippen molar-refractivity contribution in [2.24, 2.45) is 16.1 Å². The van der Waals surface area contributed by atoms with Crippen LogP contribution in [0.5, 0.6) is 0 Å². The molecule has 1 aromatic carbocycles. The van der Waals surface area contributed by atoms with Crippen molar-refractivity contribution in [1.29, 1.82) is 0 Å². The first kappa shape index (κ1) is 22.1. The Morgan fingerprint density at radius 1 is 1.06 bits per heavy atom. The molecule has 31 heavy (non-hydrogen) atoms. The second-order valence-corrected chi connectivity index (χ2v) is 8.32. The van der Waals surface area contributed by atoms with E-state index in [-0.39, 0.29) is 12.2 Å². The van der Waals surface area contributed by atoms with E-state index in [1.807, 2.05) is 45.9 Å². The Balaban J connectivity index is 1.82. The summed E-state index contributed by atoms with van der Waals surface area (Å²) < 4.78 is 0. The number of anilines is 3. The number of nitrogens with zero attached hydrogens (tertiary/aromatic N) is 5. The molecular formula is C22H28N8O. The van der Waals surface area contributed by atoms with E-state index in [1.54, 1.807) is 7.05 Å². The van der Waals surface area contributed by atoms with Gasteiger partial charge in [0.15, 0.2) is 11.6 Å². The van der Waals surface area contributed by atoms with Crippen LogP contribution in [0.3, 0.4) is 0 Å². The summed E-state index contributed by atoms with van der Waals surface area (Å²) in [6.45, 7) is 8.02. The minimum absolute atomic E-state index is 0.0681. The average molecular weight is 421 g/mol.